The van der Waals surface area contributed by atoms with E-state index in [9.17, 15) is 0 Å². The van der Waals surface area contributed by atoms with Crippen LogP contribution in [0.1, 0.15) is 52.9 Å². The number of piperidine rings is 1. The van der Waals surface area contributed by atoms with Crippen LogP contribution in [0.15, 0.2) is 17.1 Å². The lowest BCUT2D eigenvalue weighted by Crippen LogP contribution is -2.48. The van der Waals surface area contributed by atoms with E-state index in [2.05, 4.69) is 53.4 Å². The molecule has 0 amide bonds. The Morgan fingerprint density at radius 1 is 1.27 bits per heavy atom. The van der Waals surface area contributed by atoms with Gasteiger partial charge in [-0.15, -0.1) is 24.0 Å². The molecule has 0 aromatic heterocycles. The minimum Gasteiger partial charge on any atom is -0.357 e. The largest absolute Gasteiger partial charge is 0.357 e. The van der Waals surface area contributed by atoms with Crippen molar-refractivity contribution in [3.8, 4) is 0 Å². The fourth-order valence-corrected chi connectivity index (χ4v) is 2.61. The Kier molecular flexibility index (Phi) is 14.1. The zero-order valence-corrected chi connectivity index (χ0v) is 16.9. The Balaban J connectivity index is 0.00000441. The van der Waals surface area contributed by atoms with Crippen molar-refractivity contribution in [2.75, 3.05) is 32.7 Å². The predicted octanol–water partition coefficient (Wildman–Crippen LogP) is 3.39. The molecule has 1 heterocycles. The summed E-state index contributed by atoms with van der Waals surface area (Å²) in [6.45, 7) is 11.9. The second-order valence-corrected chi connectivity index (χ2v) is 5.73. The van der Waals surface area contributed by atoms with E-state index in [0.717, 1.165) is 25.5 Å². The molecule has 1 fully saturated rings. The number of hydrogen-bond acceptors (Lipinski definition) is 2. The molecule has 22 heavy (non-hydrogen) atoms. The standard InChI is InChI=1S/C17H34N4.HI/c1-4-7-9-12-19-17(18-6-3)20-16-10-14-21(15-11-16)13-8-5-2;/h4,7,16H,5-6,8-15H2,1-3H3,(H2,18,19,20);1H/b7-4+;. The van der Waals surface area contributed by atoms with E-state index in [4.69, 9.17) is 0 Å². The van der Waals surface area contributed by atoms with E-state index in [1.807, 2.05) is 0 Å². The molecule has 5 heteroatoms. The second kappa shape index (κ2) is 14.3. The van der Waals surface area contributed by atoms with Crippen LogP contribution >= 0.6 is 24.0 Å². The van der Waals surface area contributed by atoms with E-state index in [-0.39, 0.29) is 24.0 Å². The van der Waals surface area contributed by atoms with Gasteiger partial charge in [-0.2, -0.15) is 0 Å². The Labute approximate surface area is 154 Å². The van der Waals surface area contributed by atoms with E-state index < -0.39 is 0 Å². The lowest BCUT2D eigenvalue weighted by molar-refractivity contribution is 0.203. The van der Waals surface area contributed by atoms with E-state index in [0.29, 0.717) is 6.04 Å². The molecule has 130 valence electrons. The molecule has 0 aromatic carbocycles. The Hall–Kier alpha value is -0.300. The zero-order valence-electron chi connectivity index (χ0n) is 14.6. The summed E-state index contributed by atoms with van der Waals surface area (Å²) < 4.78 is 0. The Morgan fingerprint density at radius 2 is 2.00 bits per heavy atom. The molecular weight excluding hydrogens is 387 g/mol. The van der Waals surface area contributed by atoms with Crippen LogP contribution < -0.4 is 10.6 Å². The first-order chi connectivity index (χ1) is 10.3. The van der Waals surface area contributed by atoms with E-state index in [1.165, 1.54) is 45.3 Å². The average molecular weight is 422 g/mol. The number of rotatable bonds is 8. The first kappa shape index (κ1) is 21.7. The number of nitrogens with one attached hydrogen (secondary N) is 2. The predicted molar refractivity (Wildman–Crippen MR) is 108 cm³/mol. The third-order valence-corrected chi connectivity index (χ3v) is 3.90. The molecule has 0 radical (unpaired) electrons. The highest BCUT2D eigenvalue weighted by atomic mass is 127. The molecule has 0 bridgehead atoms. The van der Waals surface area contributed by atoms with Crippen LogP contribution in [0.25, 0.3) is 0 Å². The number of nitrogens with zero attached hydrogens (tertiary/aromatic N) is 2. The smallest absolute Gasteiger partial charge is 0.191 e. The van der Waals surface area contributed by atoms with Crippen LogP contribution in [-0.4, -0.2) is 49.6 Å². The van der Waals surface area contributed by atoms with E-state index >= 15 is 0 Å². The topological polar surface area (TPSA) is 39.7 Å². The Morgan fingerprint density at radius 3 is 2.59 bits per heavy atom. The monoisotopic (exact) mass is 422 g/mol. The van der Waals surface area contributed by atoms with Crippen molar-refractivity contribution in [1.82, 2.24) is 15.5 Å². The number of unbranched alkanes of at least 4 members (excludes halogenated alkanes) is 1. The number of halogens is 1. The molecular formula is C17H35IN4. The van der Waals surface area contributed by atoms with Gasteiger partial charge in [-0.25, -0.2) is 0 Å². The van der Waals surface area contributed by atoms with Gasteiger partial charge in [-0.1, -0.05) is 25.5 Å². The van der Waals surface area contributed by atoms with Crippen molar-refractivity contribution in [1.29, 1.82) is 0 Å². The van der Waals surface area contributed by atoms with Crippen LogP contribution in [-0.2, 0) is 0 Å². The quantitative estimate of drug-likeness (QED) is 0.207. The summed E-state index contributed by atoms with van der Waals surface area (Å²) in [6.07, 6.45) is 10.3. The summed E-state index contributed by atoms with van der Waals surface area (Å²) in [5.74, 6) is 0.981. The van der Waals surface area contributed by atoms with Gasteiger partial charge in [0.2, 0.25) is 0 Å². The molecule has 0 aliphatic carbocycles. The molecule has 0 atom stereocenters. The highest BCUT2D eigenvalue weighted by molar-refractivity contribution is 14.0. The zero-order chi connectivity index (χ0) is 15.3. The highest BCUT2D eigenvalue weighted by Crippen LogP contribution is 2.11. The molecule has 1 saturated heterocycles. The maximum atomic E-state index is 4.64. The molecule has 0 spiro atoms. The minimum absolute atomic E-state index is 0. The molecule has 1 rings (SSSR count). The first-order valence-electron chi connectivity index (χ1n) is 8.68. The average Bonchev–Trinajstić information content (AvgIpc) is 2.51. The van der Waals surface area contributed by atoms with Crippen LogP contribution in [0.4, 0.5) is 0 Å². The maximum Gasteiger partial charge on any atom is 0.191 e. The van der Waals surface area contributed by atoms with Gasteiger partial charge in [-0.3, -0.25) is 4.99 Å². The molecule has 0 unspecified atom stereocenters. The first-order valence-corrected chi connectivity index (χ1v) is 8.68. The lowest BCUT2D eigenvalue weighted by Gasteiger charge is -2.33. The van der Waals surface area contributed by atoms with Crippen LogP contribution in [0.3, 0.4) is 0 Å². The van der Waals surface area contributed by atoms with Crippen molar-refractivity contribution < 1.29 is 0 Å². The Bertz CT molecular complexity index is 310. The molecule has 4 nitrogen and oxygen atoms in total. The third kappa shape index (κ3) is 9.66. The van der Waals surface area contributed by atoms with Gasteiger partial charge in [0.15, 0.2) is 5.96 Å². The van der Waals surface area contributed by atoms with Crippen molar-refractivity contribution in [2.24, 2.45) is 4.99 Å². The number of hydrogen-bond donors (Lipinski definition) is 2. The number of allylic oxidation sites excluding steroid dienone is 1. The molecule has 2 N–H and O–H groups in total. The van der Waals surface area contributed by atoms with Crippen molar-refractivity contribution in [2.45, 2.75) is 58.9 Å². The minimum atomic E-state index is 0. The summed E-state index contributed by atoms with van der Waals surface area (Å²) >= 11 is 0. The van der Waals surface area contributed by atoms with Gasteiger partial charge in [0.25, 0.3) is 0 Å². The summed E-state index contributed by atoms with van der Waals surface area (Å²) in [6, 6.07) is 0.572. The van der Waals surface area contributed by atoms with Crippen LogP contribution in [0, 0.1) is 0 Å². The second-order valence-electron chi connectivity index (χ2n) is 5.73. The van der Waals surface area contributed by atoms with E-state index in [1.54, 1.807) is 0 Å². The molecule has 1 aliphatic heterocycles. The van der Waals surface area contributed by atoms with Gasteiger partial charge >= 0.3 is 0 Å². The molecule has 0 aromatic rings. The molecule has 0 saturated carbocycles. The summed E-state index contributed by atoms with van der Waals surface area (Å²) in [7, 11) is 0. The van der Waals surface area contributed by atoms with Gasteiger partial charge in [0, 0.05) is 32.2 Å². The fraction of sp³-hybridized carbons (Fsp3) is 0.824. The normalized spacial score (nSPS) is 17.5. The number of likely N-dealkylation sites (tertiary alicyclic amines) is 1. The molecule has 1 aliphatic rings. The number of aliphatic imine (C=N–C) groups is 1. The van der Waals surface area contributed by atoms with Gasteiger partial charge in [0.05, 0.1) is 0 Å². The van der Waals surface area contributed by atoms with Crippen molar-refractivity contribution >= 4 is 29.9 Å². The maximum absolute atomic E-state index is 4.64. The lowest BCUT2D eigenvalue weighted by atomic mass is 10.0. The summed E-state index contributed by atoms with van der Waals surface area (Å²) in [4.78, 5) is 7.24. The highest BCUT2D eigenvalue weighted by Gasteiger charge is 2.19. The third-order valence-electron chi connectivity index (χ3n) is 3.90. The van der Waals surface area contributed by atoms with Gasteiger partial charge in [0.1, 0.15) is 0 Å². The number of guanidine groups is 1. The van der Waals surface area contributed by atoms with Gasteiger partial charge in [-0.05, 0) is 46.1 Å². The SMILES string of the molecule is C/C=C/CCN=C(NCC)NC1CCN(CCCC)CC1.I. The van der Waals surface area contributed by atoms with Crippen LogP contribution in [0.5, 0.6) is 0 Å². The fourth-order valence-electron chi connectivity index (χ4n) is 2.61. The van der Waals surface area contributed by atoms with Gasteiger partial charge < -0.3 is 15.5 Å². The van der Waals surface area contributed by atoms with Crippen molar-refractivity contribution in [3.63, 3.8) is 0 Å². The van der Waals surface area contributed by atoms with Crippen LogP contribution in [0.2, 0.25) is 0 Å². The van der Waals surface area contributed by atoms with Crippen molar-refractivity contribution in [3.05, 3.63) is 12.2 Å². The summed E-state index contributed by atoms with van der Waals surface area (Å²) in [5, 5.41) is 6.95. The summed E-state index contributed by atoms with van der Waals surface area (Å²) in [5.41, 5.74) is 0.